The zero-order valence-electron chi connectivity index (χ0n) is 13.9. The Balaban J connectivity index is 1.83. The van der Waals surface area contributed by atoms with Gasteiger partial charge in [0.1, 0.15) is 0 Å². The summed E-state index contributed by atoms with van der Waals surface area (Å²) in [5.74, 6) is 1.59. The van der Waals surface area contributed by atoms with Crippen LogP contribution in [0.3, 0.4) is 0 Å². The van der Waals surface area contributed by atoms with Gasteiger partial charge >= 0.3 is 0 Å². The van der Waals surface area contributed by atoms with Crippen LogP contribution in [0.5, 0.6) is 11.5 Å². The molecule has 0 aliphatic carbocycles. The van der Waals surface area contributed by atoms with Gasteiger partial charge in [0.15, 0.2) is 11.5 Å². The molecule has 1 N–H and O–H groups in total. The molecule has 1 aliphatic rings. The molecule has 0 aromatic heterocycles. The first-order valence-corrected chi connectivity index (χ1v) is 8.06. The summed E-state index contributed by atoms with van der Waals surface area (Å²) in [4.78, 5) is 2.45. The second-order valence-corrected chi connectivity index (χ2v) is 5.61. The van der Waals surface area contributed by atoms with Crippen LogP contribution < -0.4 is 14.8 Å². The van der Waals surface area contributed by atoms with Gasteiger partial charge < -0.3 is 19.5 Å². The quantitative estimate of drug-likeness (QED) is 0.794. The lowest BCUT2D eigenvalue weighted by atomic mass is 10.2. The van der Waals surface area contributed by atoms with Gasteiger partial charge in [-0.2, -0.15) is 0 Å². The fourth-order valence-corrected chi connectivity index (χ4v) is 2.63. The maximum Gasteiger partial charge on any atom is 0.161 e. The number of methoxy groups -OCH3 is 1. The summed E-state index contributed by atoms with van der Waals surface area (Å²) >= 11 is 0. The molecule has 1 fully saturated rings. The number of hydrogen-bond donors (Lipinski definition) is 1. The Bertz CT molecular complexity index is 448. The molecule has 1 saturated heterocycles. The Kier molecular flexibility index (Phi) is 6.96. The van der Waals surface area contributed by atoms with E-state index in [4.69, 9.17) is 14.2 Å². The van der Waals surface area contributed by atoms with Crippen LogP contribution >= 0.6 is 0 Å². The second kappa shape index (κ2) is 8.98. The Morgan fingerprint density at radius 1 is 1.27 bits per heavy atom. The van der Waals surface area contributed by atoms with Crippen molar-refractivity contribution in [2.45, 2.75) is 26.4 Å². The van der Waals surface area contributed by atoms with Crippen LogP contribution in [-0.4, -0.2) is 57.5 Å². The third kappa shape index (κ3) is 5.16. The number of nitrogens with one attached hydrogen (secondary N) is 1. The number of benzene rings is 1. The summed E-state index contributed by atoms with van der Waals surface area (Å²) in [6.45, 7) is 10.5. The van der Waals surface area contributed by atoms with Crippen molar-refractivity contribution < 1.29 is 14.2 Å². The molecular weight excluding hydrogens is 280 g/mol. The summed E-state index contributed by atoms with van der Waals surface area (Å²) in [6, 6.07) is 6.54. The molecule has 1 aromatic rings. The molecule has 0 spiro atoms. The molecule has 124 valence electrons. The van der Waals surface area contributed by atoms with Gasteiger partial charge in [0.25, 0.3) is 0 Å². The predicted octanol–water partition coefficient (Wildman–Crippen LogP) is 1.90. The second-order valence-electron chi connectivity index (χ2n) is 5.61. The lowest BCUT2D eigenvalue weighted by Crippen LogP contribution is -2.44. The van der Waals surface area contributed by atoms with E-state index < -0.39 is 0 Å². The topological polar surface area (TPSA) is 43.0 Å². The molecule has 0 saturated carbocycles. The molecule has 5 heteroatoms. The maximum absolute atomic E-state index is 5.62. The molecule has 1 aliphatic heterocycles. The molecule has 5 nitrogen and oxygen atoms in total. The number of rotatable bonds is 8. The van der Waals surface area contributed by atoms with Crippen LogP contribution in [0.2, 0.25) is 0 Å². The van der Waals surface area contributed by atoms with Crippen molar-refractivity contribution in [3.63, 3.8) is 0 Å². The first kappa shape index (κ1) is 17.1. The summed E-state index contributed by atoms with van der Waals surface area (Å²) in [7, 11) is 1.67. The van der Waals surface area contributed by atoms with Gasteiger partial charge in [-0.05, 0) is 31.5 Å². The van der Waals surface area contributed by atoms with E-state index >= 15 is 0 Å². The normalized spacial score (nSPS) is 17.2. The van der Waals surface area contributed by atoms with E-state index in [9.17, 15) is 0 Å². The molecule has 1 atom stereocenters. The minimum Gasteiger partial charge on any atom is -0.493 e. The van der Waals surface area contributed by atoms with E-state index in [0.29, 0.717) is 12.6 Å². The Hall–Kier alpha value is -1.30. The lowest BCUT2D eigenvalue weighted by molar-refractivity contribution is 0.0343. The van der Waals surface area contributed by atoms with Gasteiger partial charge in [-0.3, -0.25) is 4.90 Å². The monoisotopic (exact) mass is 308 g/mol. The fourth-order valence-electron chi connectivity index (χ4n) is 2.63. The van der Waals surface area contributed by atoms with Gasteiger partial charge in [0.05, 0.1) is 26.9 Å². The van der Waals surface area contributed by atoms with Crippen LogP contribution in [-0.2, 0) is 11.3 Å². The Morgan fingerprint density at radius 3 is 2.73 bits per heavy atom. The van der Waals surface area contributed by atoms with Gasteiger partial charge in [0.2, 0.25) is 0 Å². The van der Waals surface area contributed by atoms with Crippen molar-refractivity contribution in [2.75, 3.05) is 46.6 Å². The van der Waals surface area contributed by atoms with E-state index in [1.54, 1.807) is 7.11 Å². The molecule has 1 aromatic carbocycles. The largest absolute Gasteiger partial charge is 0.493 e. The van der Waals surface area contributed by atoms with Gasteiger partial charge in [-0.1, -0.05) is 6.07 Å². The predicted molar refractivity (Wildman–Crippen MR) is 87.7 cm³/mol. The molecular formula is C17H28N2O3. The summed E-state index contributed by atoms with van der Waals surface area (Å²) in [6.07, 6.45) is 0. The highest BCUT2D eigenvalue weighted by atomic mass is 16.5. The number of morpholine rings is 1. The molecule has 22 heavy (non-hydrogen) atoms. The molecule has 0 amide bonds. The first-order valence-electron chi connectivity index (χ1n) is 8.06. The number of ether oxygens (including phenoxy) is 3. The smallest absolute Gasteiger partial charge is 0.161 e. The standard InChI is InChI=1S/C17H28N2O3/c1-4-22-17-11-15(5-6-16(17)20-3)12-18-14(2)13-19-7-9-21-10-8-19/h5-6,11,14,18H,4,7-10,12-13H2,1-3H3. The van der Waals surface area contributed by atoms with Crippen LogP contribution in [0.1, 0.15) is 19.4 Å². The van der Waals surface area contributed by atoms with E-state index in [1.165, 1.54) is 5.56 Å². The van der Waals surface area contributed by atoms with E-state index in [1.807, 2.05) is 13.0 Å². The highest BCUT2D eigenvalue weighted by Gasteiger charge is 2.13. The van der Waals surface area contributed by atoms with Crippen LogP contribution in [0.15, 0.2) is 18.2 Å². The summed E-state index contributed by atoms with van der Waals surface area (Å²) < 4.78 is 16.3. The van der Waals surface area contributed by atoms with Crippen LogP contribution in [0, 0.1) is 0 Å². The van der Waals surface area contributed by atoms with Crippen molar-refractivity contribution in [3.8, 4) is 11.5 Å². The van der Waals surface area contributed by atoms with E-state index in [-0.39, 0.29) is 0 Å². The lowest BCUT2D eigenvalue weighted by Gasteiger charge is -2.29. The third-order valence-corrected chi connectivity index (χ3v) is 3.82. The number of hydrogen-bond acceptors (Lipinski definition) is 5. The van der Waals surface area contributed by atoms with Gasteiger partial charge in [-0.15, -0.1) is 0 Å². The van der Waals surface area contributed by atoms with Crippen molar-refractivity contribution in [3.05, 3.63) is 23.8 Å². The Morgan fingerprint density at radius 2 is 2.05 bits per heavy atom. The van der Waals surface area contributed by atoms with Crippen molar-refractivity contribution in [2.24, 2.45) is 0 Å². The zero-order valence-corrected chi connectivity index (χ0v) is 13.9. The highest BCUT2D eigenvalue weighted by Crippen LogP contribution is 2.28. The zero-order chi connectivity index (χ0) is 15.8. The summed E-state index contributed by atoms with van der Waals surface area (Å²) in [5, 5.41) is 3.57. The molecule has 1 heterocycles. The molecule has 0 radical (unpaired) electrons. The molecule has 2 rings (SSSR count). The van der Waals surface area contributed by atoms with Crippen molar-refractivity contribution >= 4 is 0 Å². The van der Waals surface area contributed by atoms with E-state index in [2.05, 4.69) is 29.3 Å². The highest BCUT2D eigenvalue weighted by molar-refractivity contribution is 5.42. The van der Waals surface area contributed by atoms with Crippen molar-refractivity contribution in [1.82, 2.24) is 10.2 Å². The fraction of sp³-hybridized carbons (Fsp3) is 0.647. The first-order chi connectivity index (χ1) is 10.7. The SMILES string of the molecule is CCOc1cc(CNC(C)CN2CCOCC2)ccc1OC. The maximum atomic E-state index is 5.62. The Labute approximate surface area is 133 Å². The minimum absolute atomic E-state index is 0.441. The average Bonchev–Trinajstić information content (AvgIpc) is 2.54. The molecule has 1 unspecified atom stereocenters. The average molecular weight is 308 g/mol. The van der Waals surface area contributed by atoms with Crippen LogP contribution in [0.25, 0.3) is 0 Å². The van der Waals surface area contributed by atoms with Gasteiger partial charge in [0, 0.05) is 32.2 Å². The molecule has 0 bridgehead atoms. The van der Waals surface area contributed by atoms with Gasteiger partial charge in [-0.25, -0.2) is 0 Å². The van der Waals surface area contributed by atoms with Crippen molar-refractivity contribution in [1.29, 1.82) is 0 Å². The summed E-state index contributed by atoms with van der Waals surface area (Å²) in [5.41, 5.74) is 1.21. The number of nitrogens with zero attached hydrogens (tertiary/aromatic N) is 1. The third-order valence-electron chi connectivity index (χ3n) is 3.82. The van der Waals surface area contributed by atoms with E-state index in [0.717, 1.165) is 50.9 Å². The van der Waals surface area contributed by atoms with Crippen LogP contribution in [0.4, 0.5) is 0 Å². The minimum atomic E-state index is 0.441.